The average molecular weight is 537 g/mol. The quantitative estimate of drug-likeness (QED) is 0.131. The second-order valence-electron chi connectivity index (χ2n) is 7.86. The number of nitrogens with zero attached hydrogens (tertiary/aromatic N) is 5. The fourth-order valence-corrected chi connectivity index (χ4v) is 3.27. The second kappa shape index (κ2) is 14.1. The summed E-state index contributed by atoms with van der Waals surface area (Å²) in [5.41, 5.74) is 8.02. The maximum absolute atomic E-state index is 11.9. The third-order valence-corrected chi connectivity index (χ3v) is 5.16. The summed E-state index contributed by atoms with van der Waals surface area (Å²) < 4.78 is 5.93. The fourth-order valence-electron chi connectivity index (χ4n) is 3.27. The second-order valence-corrected chi connectivity index (χ2v) is 7.86. The van der Waals surface area contributed by atoms with Gasteiger partial charge < -0.3 is 10.5 Å². The van der Waals surface area contributed by atoms with Crippen LogP contribution in [0.1, 0.15) is 29.3 Å². The van der Waals surface area contributed by atoms with Crippen molar-refractivity contribution in [3.63, 3.8) is 0 Å². The number of Topliss-reactive ketones (excluding diaryl/α,β-unsaturated/α-hetero) is 1. The predicted molar refractivity (Wildman–Crippen MR) is 147 cm³/mol. The molecule has 2 aromatic carbocycles. The summed E-state index contributed by atoms with van der Waals surface area (Å²) in [5.74, 6) is -0.342. The first-order valence-electron chi connectivity index (χ1n) is 11.8. The molecule has 3 aromatic heterocycles. The normalized spacial score (nSPS) is 9.68. The van der Waals surface area contributed by atoms with Gasteiger partial charge in [0, 0.05) is 23.4 Å². The molecular weight excluding hydrogens is 512 g/mol. The number of hydrogen-bond donors (Lipinski definition) is 3. The molecule has 40 heavy (non-hydrogen) atoms. The minimum atomic E-state index is -0.471. The summed E-state index contributed by atoms with van der Waals surface area (Å²) in [6.45, 7) is 8.51. The number of fused-ring (bicyclic) bond motifs is 1. The van der Waals surface area contributed by atoms with Gasteiger partial charge in [0.15, 0.2) is 11.4 Å². The molecule has 3 heterocycles. The number of hydrogen-bond acceptors (Lipinski definition) is 8. The van der Waals surface area contributed by atoms with Crippen LogP contribution in [0, 0.1) is 17.9 Å². The molecule has 0 radical (unpaired) electrons. The minimum absolute atomic E-state index is 0.183. The number of nitrogen functional groups attached to an aromatic ring is 1. The van der Waals surface area contributed by atoms with Crippen LogP contribution in [0.2, 0.25) is 0 Å². The molecule has 0 amide bonds. The first kappa shape index (κ1) is 28.6. The number of nitrogens with one attached hydrogen (secondary N) is 2. The molecule has 0 fully saturated rings. The third kappa shape index (κ3) is 7.50. The van der Waals surface area contributed by atoms with Gasteiger partial charge in [0.05, 0.1) is 25.1 Å². The van der Waals surface area contributed by atoms with Crippen molar-refractivity contribution in [2.75, 3.05) is 12.3 Å². The van der Waals surface area contributed by atoms with Crippen LogP contribution < -0.4 is 11.3 Å². The zero-order chi connectivity index (χ0) is 28.9. The number of carbonyl (C=O) groups is 2. The van der Waals surface area contributed by atoms with E-state index in [4.69, 9.17) is 17.6 Å². The molecular formula is C28H24N8O4. The Labute approximate surface area is 228 Å². The molecule has 0 aliphatic carbocycles. The molecule has 0 atom stereocenters. The van der Waals surface area contributed by atoms with Crippen LogP contribution in [0.5, 0.6) is 0 Å². The number of ketones is 1. The number of benzene rings is 2. The van der Waals surface area contributed by atoms with E-state index in [1.165, 1.54) is 23.0 Å². The maximum atomic E-state index is 11.9. The van der Waals surface area contributed by atoms with Gasteiger partial charge >= 0.3 is 5.97 Å². The van der Waals surface area contributed by atoms with Crippen LogP contribution in [0.25, 0.3) is 21.7 Å². The number of carbonyl (C=O) groups excluding carboxylic acids is 2. The van der Waals surface area contributed by atoms with Gasteiger partial charge in [-0.3, -0.25) is 24.6 Å². The number of H-pyrrole nitrogens is 2. The highest BCUT2D eigenvalue weighted by Crippen LogP contribution is 2.17. The number of rotatable bonds is 5. The van der Waals surface area contributed by atoms with Crippen LogP contribution in [-0.2, 0) is 9.53 Å². The molecule has 0 saturated carbocycles. The van der Waals surface area contributed by atoms with E-state index in [2.05, 4.69) is 29.9 Å². The summed E-state index contributed by atoms with van der Waals surface area (Å²) in [6.07, 6.45) is 2.68. The van der Waals surface area contributed by atoms with Gasteiger partial charge in [0.25, 0.3) is 5.56 Å². The maximum Gasteiger partial charge on any atom is 0.313 e. The van der Waals surface area contributed by atoms with Gasteiger partial charge in [-0.15, -0.1) is 0 Å². The van der Waals surface area contributed by atoms with E-state index < -0.39 is 5.97 Å². The summed E-state index contributed by atoms with van der Waals surface area (Å²) in [6, 6.07) is 21.5. The molecule has 0 bridgehead atoms. The van der Waals surface area contributed by atoms with E-state index in [0.717, 1.165) is 5.56 Å². The predicted octanol–water partition coefficient (Wildman–Crippen LogP) is 3.93. The number of aromatic amines is 2. The van der Waals surface area contributed by atoms with Gasteiger partial charge in [-0.25, -0.2) is 14.3 Å². The van der Waals surface area contributed by atoms with Gasteiger partial charge in [-0.05, 0) is 6.92 Å². The molecule has 5 rings (SSSR count). The van der Waals surface area contributed by atoms with Crippen molar-refractivity contribution < 1.29 is 14.3 Å². The van der Waals surface area contributed by atoms with Crippen LogP contribution >= 0.6 is 0 Å². The highest BCUT2D eigenvalue weighted by Gasteiger charge is 2.11. The van der Waals surface area contributed by atoms with Crippen LogP contribution in [0.3, 0.4) is 0 Å². The van der Waals surface area contributed by atoms with Crippen molar-refractivity contribution in [3.05, 3.63) is 112 Å². The van der Waals surface area contributed by atoms with Crippen molar-refractivity contribution >= 4 is 28.9 Å². The lowest BCUT2D eigenvalue weighted by Gasteiger charge is -2.00. The summed E-state index contributed by atoms with van der Waals surface area (Å²) in [7, 11) is 0. The zero-order valence-electron chi connectivity index (χ0n) is 21.4. The molecule has 0 aliphatic heterocycles. The van der Waals surface area contributed by atoms with Crippen LogP contribution in [-0.4, -0.2) is 43.2 Å². The van der Waals surface area contributed by atoms with E-state index in [1.807, 2.05) is 42.5 Å². The Bertz CT molecular complexity index is 1730. The fraction of sp³-hybridized carbons (Fsp3) is 0.107. The Kier molecular flexibility index (Phi) is 10.0. The van der Waals surface area contributed by atoms with Gasteiger partial charge in [-0.1, -0.05) is 60.7 Å². The molecule has 12 heteroatoms. The SMILES string of the molecule is CCOC(=O)CC(=O)c1ccccc1.N#Cc1c[nH]n2c(=O)cc(-c3ccccc3)nc12.[C-]#[N+]c1cn[nH]c1N. The largest absolute Gasteiger partial charge is 0.466 e. The highest BCUT2D eigenvalue weighted by atomic mass is 16.5. The van der Waals surface area contributed by atoms with Gasteiger partial charge in [0.1, 0.15) is 23.9 Å². The molecule has 0 spiro atoms. The number of anilines is 1. The first-order chi connectivity index (χ1) is 19.4. The molecule has 0 saturated heterocycles. The molecule has 4 N–H and O–H groups in total. The topological polar surface area (TPSA) is 176 Å². The van der Waals surface area contributed by atoms with Crippen molar-refractivity contribution in [2.24, 2.45) is 0 Å². The lowest BCUT2D eigenvalue weighted by molar-refractivity contribution is -0.141. The van der Waals surface area contributed by atoms with E-state index >= 15 is 0 Å². The third-order valence-electron chi connectivity index (χ3n) is 5.16. The molecule has 0 aliphatic rings. The number of ether oxygens (including phenoxy) is 1. The molecule has 0 unspecified atom stereocenters. The Morgan fingerprint density at radius 2 is 1.82 bits per heavy atom. The Morgan fingerprint density at radius 3 is 2.38 bits per heavy atom. The summed E-state index contributed by atoms with van der Waals surface area (Å²) >= 11 is 0. The molecule has 12 nitrogen and oxygen atoms in total. The van der Waals surface area contributed by atoms with Gasteiger partial charge in [-0.2, -0.15) is 10.4 Å². The Hall–Kier alpha value is -6.01. The minimum Gasteiger partial charge on any atom is -0.466 e. The number of esters is 1. The number of nitriles is 1. The van der Waals surface area contributed by atoms with Crippen LogP contribution in [0.15, 0.2) is 83.9 Å². The smallest absolute Gasteiger partial charge is 0.313 e. The van der Waals surface area contributed by atoms with Crippen molar-refractivity contribution in [1.82, 2.24) is 24.8 Å². The monoisotopic (exact) mass is 536 g/mol. The van der Waals surface area contributed by atoms with E-state index in [1.54, 1.807) is 31.2 Å². The lowest BCUT2D eigenvalue weighted by Crippen LogP contribution is -2.14. The zero-order valence-corrected chi connectivity index (χ0v) is 21.4. The van der Waals surface area contributed by atoms with Gasteiger partial charge in [0.2, 0.25) is 5.69 Å². The standard InChI is InChI=1S/C13H8N4O.C11H12O3.C4H4N4/c14-7-10-8-15-17-12(18)6-11(16-13(10)17)9-4-2-1-3-5-9;1-2-14-11(13)8-10(12)9-6-4-3-5-7-9;1-6-3-2-7-8-4(3)5/h1-6,8,15H;3-7H,2,8H2,1H3;2H,(H3,5,7,8). The number of aromatic nitrogens is 5. The van der Waals surface area contributed by atoms with Crippen LogP contribution in [0.4, 0.5) is 11.5 Å². The van der Waals surface area contributed by atoms with E-state index in [0.29, 0.717) is 40.6 Å². The van der Waals surface area contributed by atoms with E-state index in [-0.39, 0.29) is 17.8 Å². The van der Waals surface area contributed by atoms with Crippen molar-refractivity contribution in [1.29, 1.82) is 5.26 Å². The molecule has 5 aromatic rings. The Balaban J connectivity index is 0.000000178. The highest BCUT2D eigenvalue weighted by molar-refractivity contribution is 6.05. The van der Waals surface area contributed by atoms with Crippen molar-refractivity contribution in [3.8, 4) is 17.3 Å². The number of nitrogens with two attached hydrogens (primary N) is 1. The Morgan fingerprint density at radius 1 is 1.15 bits per heavy atom. The summed E-state index contributed by atoms with van der Waals surface area (Å²) in [5, 5.41) is 17.6. The lowest BCUT2D eigenvalue weighted by atomic mass is 10.1. The average Bonchev–Trinajstić information content (AvgIpc) is 3.60. The molecule has 200 valence electrons. The summed E-state index contributed by atoms with van der Waals surface area (Å²) in [4.78, 5) is 41.7. The van der Waals surface area contributed by atoms with Crippen molar-refractivity contribution in [2.45, 2.75) is 13.3 Å². The van der Waals surface area contributed by atoms with E-state index in [9.17, 15) is 14.4 Å². The first-order valence-corrected chi connectivity index (χ1v) is 11.8.